The van der Waals surface area contributed by atoms with Crippen LogP contribution in [-0.4, -0.2) is 22.5 Å². The van der Waals surface area contributed by atoms with Crippen molar-refractivity contribution in [2.75, 3.05) is 0 Å². The molecule has 0 N–H and O–H groups in total. The highest BCUT2D eigenvalue weighted by Crippen LogP contribution is 2.61. The first kappa shape index (κ1) is 29.2. The van der Waals surface area contributed by atoms with Crippen LogP contribution >= 0.6 is 7.92 Å². The zero-order valence-electron chi connectivity index (χ0n) is 25.1. The van der Waals surface area contributed by atoms with Crippen LogP contribution < -0.4 is 14.8 Å². The van der Waals surface area contributed by atoms with Gasteiger partial charge in [-0.15, -0.1) is 0 Å². The maximum Gasteiger partial charge on any atom is 0.131 e. The lowest BCUT2D eigenvalue weighted by Gasteiger charge is -2.44. The first-order chi connectivity index (χ1) is 17.1. The molecule has 0 unspecified atom stereocenters. The third kappa shape index (κ3) is 6.58. The number of ether oxygens (including phenoxy) is 2. The van der Waals surface area contributed by atoms with Crippen LogP contribution in [0.25, 0.3) is 22.3 Å². The Morgan fingerprint density at radius 1 is 0.595 bits per heavy atom. The second-order valence-corrected chi connectivity index (χ2v) is 16.4. The van der Waals surface area contributed by atoms with Crippen molar-refractivity contribution in [1.29, 1.82) is 0 Å². The van der Waals surface area contributed by atoms with Crippen molar-refractivity contribution in [3.8, 4) is 33.8 Å². The van der Waals surface area contributed by atoms with Gasteiger partial charge in [-0.1, -0.05) is 91.9 Å². The molecule has 0 bridgehead atoms. The number of hydrogen-bond acceptors (Lipinski definition) is 2. The van der Waals surface area contributed by atoms with E-state index >= 15 is 0 Å². The monoisotopic (exact) mass is 518 g/mol. The predicted molar refractivity (Wildman–Crippen MR) is 164 cm³/mol. The zero-order valence-corrected chi connectivity index (χ0v) is 26.0. The highest BCUT2D eigenvalue weighted by atomic mass is 31.1. The molecule has 3 aromatic rings. The van der Waals surface area contributed by atoms with Gasteiger partial charge >= 0.3 is 0 Å². The molecule has 0 heterocycles. The normalized spacial score (nSPS) is 12.5. The summed E-state index contributed by atoms with van der Waals surface area (Å²) in [5, 5.41) is 1.60. The minimum absolute atomic E-state index is 0.0606. The quantitative estimate of drug-likeness (QED) is 0.290. The maximum absolute atomic E-state index is 6.44. The first-order valence-corrected chi connectivity index (χ1v) is 14.9. The third-order valence-corrected chi connectivity index (χ3v) is 10.1. The van der Waals surface area contributed by atoms with Crippen molar-refractivity contribution in [1.82, 2.24) is 0 Å². The molecule has 0 aromatic heterocycles. The highest BCUT2D eigenvalue weighted by molar-refractivity contribution is 7.69. The summed E-state index contributed by atoms with van der Waals surface area (Å²) < 4.78 is 12.9. The summed E-state index contributed by atoms with van der Waals surface area (Å²) in [6.45, 7) is 27.2. The SMILES string of the molecule is Cc1cccc(-c2cccc(-c3c(OC(C)C)cccc3OC(C)C)c2P(C(C)(C)C)C(C)(C)C)c1C. The van der Waals surface area contributed by atoms with Gasteiger partial charge in [0, 0.05) is 0 Å². The summed E-state index contributed by atoms with van der Waals surface area (Å²) in [4.78, 5) is 0. The molecule has 0 aliphatic rings. The van der Waals surface area contributed by atoms with Crippen LogP contribution in [0.1, 0.15) is 80.4 Å². The largest absolute Gasteiger partial charge is 0.490 e. The van der Waals surface area contributed by atoms with Crippen LogP contribution in [0.3, 0.4) is 0 Å². The molecule has 3 heteroatoms. The van der Waals surface area contributed by atoms with E-state index < -0.39 is 7.92 Å². The molecule has 0 amide bonds. The Kier molecular flexibility index (Phi) is 8.86. The van der Waals surface area contributed by atoms with E-state index in [1.165, 1.54) is 33.1 Å². The van der Waals surface area contributed by atoms with Crippen LogP contribution in [-0.2, 0) is 0 Å². The molecule has 0 atom stereocenters. The second kappa shape index (κ2) is 11.2. The van der Waals surface area contributed by atoms with Crippen molar-refractivity contribution in [3.63, 3.8) is 0 Å². The summed E-state index contributed by atoms with van der Waals surface area (Å²) in [5.74, 6) is 1.76. The molecule has 2 nitrogen and oxygen atoms in total. The summed E-state index contributed by atoms with van der Waals surface area (Å²) >= 11 is 0. The van der Waals surface area contributed by atoms with Crippen LogP contribution in [0.5, 0.6) is 11.5 Å². The van der Waals surface area contributed by atoms with Crippen molar-refractivity contribution in [3.05, 3.63) is 65.7 Å². The van der Waals surface area contributed by atoms with Crippen molar-refractivity contribution >= 4 is 13.2 Å². The fourth-order valence-electron chi connectivity index (χ4n) is 5.40. The number of rotatable bonds is 7. The van der Waals surface area contributed by atoms with Gasteiger partial charge in [-0.3, -0.25) is 0 Å². The van der Waals surface area contributed by atoms with Gasteiger partial charge in [-0.25, -0.2) is 0 Å². The van der Waals surface area contributed by atoms with E-state index in [1.54, 1.807) is 0 Å². The minimum atomic E-state index is -0.625. The van der Waals surface area contributed by atoms with Gasteiger partial charge in [0.1, 0.15) is 11.5 Å². The Morgan fingerprint density at radius 3 is 1.51 bits per heavy atom. The van der Waals surface area contributed by atoms with Crippen LogP contribution in [0.4, 0.5) is 0 Å². The minimum Gasteiger partial charge on any atom is -0.490 e. The molecular weight excluding hydrogens is 471 g/mol. The lowest BCUT2D eigenvalue weighted by molar-refractivity contribution is 0.231. The molecule has 0 saturated carbocycles. The second-order valence-electron chi connectivity index (χ2n) is 12.6. The molecule has 0 aliphatic carbocycles. The van der Waals surface area contributed by atoms with Crippen molar-refractivity contribution in [2.45, 2.75) is 106 Å². The summed E-state index contributed by atoms with van der Waals surface area (Å²) in [6, 6.07) is 19.7. The topological polar surface area (TPSA) is 18.5 Å². The maximum atomic E-state index is 6.44. The Bertz CT molecular complexity index is 1180. The van der Waals surface area contributed by atoms with E-state index in [1.807, 2.05) is 6.07 Å². The molecule has 3 aromatic carbocycles. The predicted octanol–water partition coefficient (Wildman–Crippen LogP) is 9.92. The molecule has 0 saturated heterocycles. The average Bonchev–Trinajstić information content (AvgIpc) is 2.74. The van der Waals surface area contributed by atoms with Crippen LogP contribution in [0.2, 0.25) is 0 Å². The van der Waals surface area contributed by atoms with Gasteiger partial charge in [-0.2, -0.15) is 0 Å². The molecular formula is C34H47O2P. The number of hydrogen-bond donors (Lipinski definition) is 0. The van der Waals surface area contributed by atoms with E-state index in [-0.39, 0.29) is 22.5 Å². The molecule has 0 radical (unpaired) electrons. The van der Waals surface area contributed by atoms with Gasteiger partial charge in [0.15, 0.2) is 0 Å². The van der Waals surface area contributed by atoms with Gasteiger partial charge in [-0.05, 0) is 97.1 Å². The van der Waals surface area contributed by atoms with Crippen molar-refractivity contribution < 1.29 is 9.47 Å². The summed E-state index contributed by atoms with van der Waals surface area (Å²) in [6.07, 6.45) is 0.121. The summed E-state index contributed by atoms with van der Waals surface area (Å²) in [5.41, 5.74) is 7.58. The van der Waals surface area contributed by atoms with Crippen LogP contribution in [0, 0.1) is 13.8 Å². The van der Waals surface area contributed by atoms with Gasteiger partial charge in [0.25, 0.3) is 0 Å². The number of aryl methyl sites for hydroxylation is 1. The smallest absolute Gasteiger partial charge is 0.131 e. The van der Waals surface area contributed by atoms with Gasteiger partial charge < -0.3 is 9.47 Å². The van der Waals surface area contributed by atoms with E-state index in [0.29, 0.717) is 0 Å². The number of benzene rings is 3. The molecule has 0 aliphatic heterocycles. The lowest BCUT2D eigenvalue weighted by Crippen LogP contribution is -2.33. The Balaban J connectivity index is 2.54. The van der Waals surface area contributed by atoms with E-state index in [9.17, 15) is 0 Å². The highest BCUT2D eigenvalue weighted by Gasteiger charge is 2.39. The Hall–Kier alpha value is -2.31. The molecule has 37 heavy (non-hydrogen) atoms. The molecule has 0 spiro atoms. The van der Waals surface area contributed by atoms with E-state index in [0.717, 1.165) is 17.1 Å². The summed E-state index contributed by atoms with van der Waals surface area (Å²) in [7, 11) is -0.625. The third-order valence-electron chi connectivity index (χ3n) is 6.48. The molecule has 0 fully saturated rings. The average molecular weight is 519 g/mol. The molecule has 3 rings (SSSR count). The first-order valence-electron chi connectivity index (χ1n) is 13.6. The van der Waals surface area contributed by atoms with E-state index in [2.05, 4.69) is 132 Å². The van der Waals surface area contributed by atoms with Crippen LogP contribution in [0.15, 0.2) is 54.6 Å². The lowest BCUT2D eigenvalue weighted by atomic mass is 9.93. The Morgan fingerprint density at radius 2 is 1.03 bits per heavy atom. The van der Waals surface area contributed by atoms with E-state index in [4.69, 9.17) is 9.47 Å². The fraction of sp³-hybridized carbons (Fsp3) is 0.471. The van der Waals surface area contributed by atoms with Gasteiger partial charge in [0.05, 0.1) is 17.8 Å². The fourth-order valence-corrected chi connectivity index (χ4v) is 9.62. The zero-order chi connectivity index (χ0) is 27.7. The van der Waals surface area contributed by atoms with Crippen molar-refractivity contribution in [2.24, 2.45) is 0 Å². The standard InChI is InChI=1S/C34H47O2P/c1-22(2)35-29-20-15-21-30(36-23(3)4)31(29)28-19-14-18-27(26-17-13-16-24(5)25(26)6)32(28)37(33(7,8)9)34(10,11)12/h13-23H,1-12H3. The van der Waals surface area contributed by atoms with Gasteiger partial charge in [0.2, 0.25) is 0 Å². The Labute approximate surface area is 227 Å². The molecule has 200 valence electrons.